The Hall–Kier alpha value is -3.66. The van der Waals surface area contributed by atoms with Crippen molar-refractivity contribution < 1.29 is 9.53 Å². The van der Waals surface area contributed by atoms with Gasteiger partial charge in [-0.15, -0.1) is 0 Å². The molecule has 1 aromatic heterocycles. The summed E-state index contributed by atoms with van der Waals surface area (Å²) in [6, 6.07) is 27.0. The molecule has 0 aliphatic rings. The van der Waals surface area contributed by atoms with Crippen LogP contribution in [0.1, 0.15) is 15.9 Å². The van der Waals surface area contributed by atoms with Crippen LogP contribution in [0.2, 0.25) is 0 Å². The molecule has 27 heavy (non-hydrogen) atoms. The zero-order chi connectivity index (χ0) is 18.5. The summed E-state index contributed by atoms with van der Waals surface area (Å²) in [6.07, 6.45) is 1.63. The Balaban J connectivity index is 1.52. The molecule has 0 unspecified atom stereocenters. The first kappa shape index (κ1) is 16.8. The number of aromatic nitrogens is 1. The van der Waals surface area contributed by atoms with Gasteiger partial charge in [0.1, 0.15) is 6.61 Å². The van der Waals surface area contributed by atoms with Crippen LogP contribution in [0.15, 0.2) is 91.1 Å². The Labute approximate surface area is 157 Å². The van der Waals surface area contributed by atoms with Crippen molar-refractivity contribution in [1.29, 1.82) is 0 Å². The molecule has 1 N–H and O–H groups in total. The molecule has 0 aliphatic heterocycles. The van der Waals surface area contributed by atoms with Crippen LogP contribution in [0.3, 0.4) is 0 Å². The summed E-state index contributed by atoms with van der Waals surface area (Å²) in [7, 11) is 0. The van der Waals surface area contributed by atoms with E-state index in [1.807, 2.05) is 72.8 Å². The Morgan fingerprint density at radius 3 is 2.48 bits per heavy atom. The molecule has 0 fully saturated rings. The van der Waals surface area contributed by atoms with E-state index in [1.54, 1.807) is 18.3 Å². The quantitative estimate of drug-likeness (QED) is 0.545. The Morgan fingerprint density at radius 2 is 1.63 bits per heavy atom. The van der Waals surface area contributed by atoms with Gasteiger partial charge in [-0.3, -0.25) is 4.79 Å². The van der Waals surface area contributed by atoms with Crippen LogP contribution in [0, 0.1) is 0 Å². The molecule has 0 radical (unpaired) electrons. The largest absolute Gasteiger partial charge is 0.485 e. The van der Waals surface area contributed by atoms with Gasteiger partial charge in [-0.1, -0.05) is 60.7 Å². The monoisotopic (exact) mass is 354 g/mol. The molecular weight excluding hydrogens is 336 g/mol. The lowest BCUT2D eigenvalue weighted by Gasteiger charge is -2.12. The summed E-state index contributed by atoms with van der Waals surface area (Å²) in [4.78, 5) is 16.9. The number of hydrogen-bond acceptors (Lipinski definition) is 3. The van der Waals surface area contributed by atoms with Gasteiger partial charge in [0.05, 0.1) is 0 Å². The van der Waals surface area contributed by atoms with Crippen molar-refractivity contribution in [3.63, 3.8) is 0 Å². The van der Waals surface area contributed by atoms with Gasteiger partial charge in [0, 0.05) is 11.8 Å². The van der Waals surface area contributed by atoms with Gasteiger partial charge in [0.2, 0.25) is 0 Å². The van der Waals surface area contributed by atoms with Crippen molar-refractivity contribution >= 4 is 22.5 Å². The van der Waals surface area contributed by atoms with Crippen LogP contribution in [0.25, 0.3) is 10.8 Å². The van der Waals surface area contributed by atoms with Crippen molar-refractivity contribution in [1.82, 2.24) is 4.98 Å². The van der Waals surface area contributed by atoms with Crippen molar-refractivity contribution in [3.05, 3.63) is 102 Å². The number of ether oxygens (including phenoxy) is 1. The van der Waals surface area contributed by atoms with Gasteiger partial charge >= 0.3 is 0 Å². The summed E-state index contributed by atoms with van der Waals surface area (Å²) in [5.41, 5.74) is 1.63. The minimum atomic E-state index is -0.219. The van der Waals surface area contributed by atoms with E-state index in [1.165, 1.54) is 0 Å². The van der Waals surface area contributed by atoms with Gasteiger partial charge in [-0.2, -0.15) is 0 Å². The van der Waals surface area contributed by atoms with Crippen LogP contribution < -0.4 is 10.1 Å². The van der Waals surface area contributed by atoms with E-state index in [0.29, 0.717) is 23.7 Å². The number of pyridine rings is 1. The van der Waals surface area contributed by atoms with E-state index in [2.05, 4.69) is 10.3 Å². The van der Waals surface area contributed by atoms with Crippen LogP contribution >= 0.6 is 0 Å². The predicted octanol–water partition coefficient (Wildman–Crippen LogP) is 5.07. The Kier molecular flexibility index (Phi) is 4.79. The average Bonchev–Trinajstić information content (AvgIpc) is 2.73. The zero-order valence-electron chi connectivity index (χ0n) is 14.6. The maximum absolute atomic E-state index is 12.7. The topological polar surface area (TPSA) is 51.2 Å². The molecule has 4 nitrogen and oxygen atoms in total. The maximum Gasteiger partial charge on any atom is 0.256 e. The van der Waals surface area contributed by atoms with E-state index in [4.69, 9.17) is 4.74 Å². The van der Waals surface area contributed by atoms with Crippen molar-refractivity contribution in [3.8, 4) is 5.75 Å². The van der Waals surface area contributed by atoms with E-state index in [-0.39, 0.29) is 5.91 Å². The van der Waals surface area contributed by atoms with Crippen molar-refractivity contribution in [2.45, 2.75) is 6.61 Å². The van der Waals surface area contributed by atoms with E-state index < -0.39 is 0 Å². The minimum absolute atomic E-state index is 0.219. The molecule has 4 heteroatoms. The molecule has 0 aliphatic carbocycles. The average molecular weight is 354 g/mol. The molecule has 132 valence electrons. The first-order valence-electron chi connectivity index (χ1n) is 8.71. The summed E-state index contributed by atoms with van der Waals surface area (Å²) in [6.45, 7) is 0.408. The molecule has 4 aromatic rings. The molecule has 1 heterocycles. The minimum Gasteiger partial charge on any atom is -0.485 e. The SMILES string of the molecule is O=C(Nc1ncccc1OCc1ccccc1)c1ccc2ccccc2c1. The highest BCUT2D eigenvalue weighted by Gasteiger charge is 2.12. The maximum atomic E-state index is 12.7. The highest BCUT2D eigenvalue weighted by atomic mass is 16.5. The van der Waals surface area contributed by atoms with Crippen LogP contribution in [0.5, 0.6) is 5.75 Å². The van der Waals surface area contributed by atoms with Crippen LogP contribution in [0.4, 0.5) is 5.82 Å². The molecule has 4 rings (SSSR count). The summed E-state index contributed by atoms with van der Waals surface area (Å²) < 4.78 is 5.85. The number of nitrogens with one attached hydrogen (secondary N) is 1. The van der Waals surface area contributed by atoms with Crippen molar-refractivity contribution in [2.75, 3.05) is 5.32 Å². The number of carbonyl (C=O) groups is 1. The number of carbonyl (C=O) groups excluding carboxylic acids is 1. The molecule has 0 spiro atoms. The van der Waals surface area contributed by atoms with Gasteiger partial charge < -0.3 is 10.1 Å². The van der Waals surface area contributed by atoms with Gasteiger partial charge in [-0.05, 0) is 40.6 Å². The third-order valence-electron chi connectivity index (χ3n) is 4.25. The third-order valence-corrected chi connectivity index (χ3v) is 4.25. The Morgan fingerprint density at radius 1 is 0.852 bits per heavy atom. The highest BCUT2D eigenvalue weighted by molar-refractivity contribution is 6.06. The summed E-state index contributed by atoms with van der Waals surface area (Å²) in [5.74, 6) is 0.728. The number of nitrogens with zero attached hydrogens (tertiary/aromatic N) is 1. The molecule has 3 aromatic carbocycles. The third kappa shape index (κ3) is 3.96. The number of rotatable bonds is 5. The smallest absolute Gasteiger partial charge is 0.256 e. The van der Waals surface area contributed by atoms with Gasteiger partial charge in [-0.25, -0.2) is 4.98 Å². The molecule has 0 bridgehead atoms. The number of amides is 1. The van der Waals surface area contributed by atoms with E-state index in [0.717, 1.165) is 16.3 Å². The number of anilines is 1. The van der Waals surface area contributed by atoms with E-state index >= 15 is 0 Å². The van der Waals surface area contributed by atoms with Crippen LogP contribution in [-0.2, 0) is 6.61 Å². The molecule has 0 saturated heterocycles. The summed E-state index contributed by atoms with van der Waals surface area (Å²) in [5, 5.41) is 4.97. The highest BCUT2D eigenvalue weighted by Crippen LogP contribution is 2.23. The molecular formula is C23H18N2O2. The van der Waals surface area contributed by atoms with Gasteiger partial charge in [0.25, 0.3) is 5.91 Å². The normalized spacial score (nSPS) is 10.5. The second-order valence-corrected chi connectivity index (χ2v) is 6.14. The van der Waals surface area contributed by atoms with Crippen molar-refractivity contribution in [2.24, 2.45) is 0 Å². The first-order valence-corrected chi connectivity index (χ1v) is 8.71. The molecule has 0 atom stereocenters. The molecule has 0 saturated carbocycles. The lowest BCUT2D eigenvalue weighted by molar-refractivity contribution is 0.102. The van der Waals surface area contributed by atoms with E-state index in [9.17, 15) is 4.79 Å². The lowest BCUT2D eigenvalue weighted by atomic mass is 10.1. The number of hydrogen-bond donors (Lipinski definition) is 1. The predicted molar refractivity (Wildman–Crippen MR) is 107 cm³/mol. The first-order chi connectivity index (χ1) is 13.3. The fourth-order valence-electron chi connectivity index (χ4n) is 2.85. The van der Waals surface area contributed by atoms with Crippen LogP contribution in [-0.4, -0.2) is 10.9 Å². The summed E-state index contributed by atoms with van der Waals surface area (Å²) >= 11 is 0. The fraction of sp³-hybridized carbons (Fsp3) is 0.0435. The lowest BCUT2D eigenvalue weighted by Crippen LogP contribution is -2.14. The number of fused-ring (bicyclic) bond motifs is 1. The van der Waals surface area contributed by atoms with Gasteiger partial charge in [0.15, 0.2) is 11.6 Å². The second kappa shape index (κ2) is 7.70. The number of benzene rings is 3. The molecule has 1 amide bonds. The fourth-order valence-corrected chi connectivity index (χ4v) is 2.85. The standard InChI is InChI=1S/C23H18N2O2/c26-23(20-13-12-18-9-4-5-10-19(18)15-20)25-22-21(11-6-14-24-22)27-16-17-7-2-1-3-8-17/h1-15H,16H2,(H,24,25,26). The zero-order valence-corrected chi connectivity index (χ0v) is 14.6. The second-order valence-electron chi connectivity index (χ2n) is 6.14. The Bertz CT molecular complexity index is 1080.